The van der Waals surface area contributed by atoms with Crippen molar-refractivity contribution in [3.05, 3.63) is 68.9 Å². The van der Waals surface area contributed by atoms with E-state index in [1.165, 1.54) is 11.6 Å². The molecule has 2 aromatic carbocycles. The van der Waals surface area contributed by atoms with Gasteiger partial charge in [-0.25, -0.2) is 4.39 Å². The van der Waals surface area contributed by atoms with Crippen LogP contribution < -0.4 is 5.73 Å². The Bertz CT molecular complexity index is 595. The van der Waals surface area contributed by atoms with E-state index in [-0.39, 0.29) is 11.9 Å². The zero-order valence-corrected chi connectivity index (χ0v) is 12.7. The molecule has 2 rings (SSSR count). The predicted octanol–water partition coefficient (Wildman–Crippen LogP) is 4.45. The van der Waals surface area contributed by atoms with Gasteiger partial charge in [0.1, 0.15) is 5.82 Å². The fourth-order valence-electron chi connectivity index (χ4n) is 2.18. The normalized spacial score (nSPS) is 12.5. The van der Waals surface area contributed by atoms with Crippen molar-refractivity contribution in [3.8, 4) is 0 Å². The molecule has 0 amide bonds. The Hall–Kier alpha value is -1.19. The highest BCUT2D eigenvalue weighted by molar-refractivity contribution is 9.10. The maximum Gasteiger partial charge on any atom is 0.123 e. The monoisotopic (exact) mass is 321 g/mol. The van der Waals surface area contributed by atoms with Crippen LogP contribution in [0.3, 0.4) is 0 Å². The zero-order chi connectivity index (χ0) is 14.0. The van der Waals surface area contributed by atoms with Crippen LogP contribution in [-0.4, -0.2) is 0 Å². The van der Waals surface area contributed by atoms with E-state index in [0.29, 0.717) is 6.42 Å². The molecule has 0 bridgehead atoms. The number of benzene rings is 2. The molecule has 0 aliphatic heterocycles. The van der Waals surface area contributed by atoms with Gasteiger partial charge in [-0.3, -0.25) is 0 Å². The van der Waals surface area contributed by atoms with Gasteiger partial charge in [0.25, 0.3) is 0 Å². The van der Waals surface area contributed by atoms with E-state index in [1.807, 2.05) is 32.0 Å². The standard InChI is InChI=1S/C16H17BrFN/c1-10-3-6-15(17)14(7-10)16(19)9-12-4-5-13(18)8-11(12)2/h3-8,16H,9,19H2,1-2H3. The smallest absolute Gasteiger partial charge is 0.123 e. The lowest BCUT2D eigenvalue weighted by Gasteiger charge is -2.16. The van der Waals surface area contributed by atoms with Crippen LogP contribution in [0.25, 0.3) is 0 Å². The largest absolute Gasteiger partial charge is 0.324 e. The van der Waals surface area contributed by atoms with E-state index >= 15 is 0 Å². The molecular formula is C16H17BrFN. The van der Waals surface area contributed by atoms with Crippen molar-refractivity contribution in [2.75, 3.05) is 0 Å². The first-order valence-corrected chi connectivity index (χ1v) is 7.03. The molecule has 1 atom stereocenters. The van der Waals surface area contributed by atoms with Crippen molar-refractivity contribution < 1.29 is 4.39 Å². The summed E-state index contributed by atoms with van der Waals surface area (Å²) in [6.45, 7) is 3.96. The first-order valence-electron chi connectivity index (χ1n) is 6.24. The van der Waals surface area contributed by atoms with Crippen molar-refractivity contribution in [1.29, 1.82) is 0 Å². The number of rotatable bonds is 3. The molecule has 1 nitrogen and oxygen atoms in total. The Morgan fingerprint density at radius 1 is 1.16 bits per heavy atom. The van der Waals surface area contributed by atoms with Crippen molar-refractivity contribution in [2.24, 2.45) is 5.73 Å². The lowest BCUT2D eigenvalue weighted by Crippen LogP contribution is -2.15. The average Bonchev–Trinajstić information content (AvgIpc) is 2.35. The van der Waals surface area contributed by atoms with Crippen LogP contribution in [0.5, 0.6) is 0 Å². The molecule has 0 saturated heterocycles. The highest BCUT2D eigenvalue weighted by Crippen LogP contribution is 2.26. The van der Waals surface area contributed by atoms with Gasteiger partial charge in [-0.1, -0.05) is 39.7 Å². The second-order valence-corrected chi connectivity index (χ2v) is 5.76. The molecule has 0 aliphatic carbocycles. The van der Waals surface area contributed by atoms with Gasteiger partial charge in [-0.2, -0.15) is 0 Å². The Labute approximate surface area is 121 Å². The van der Waals surface area contributed by atoms with Crippen LogP contribution in [0.4, 0.5) is 4.39 Å². The molecule has 0 aromatic heterocycles. The topological polar surface area (TPSA) is 26.0 Å². The van der Waals surface area contributed by atoms with Crippen LogP contribution in [0, 0.1) is 19.7 Å². The average molecular weight is 322 g/mol. The number of hydrogen-bond acceptors (Lipinski definition) is 1. The highest BCUT2D eigenvalue weighted by Gasteiger charge is 2.12. The molecular weight excluding hydrogens is 305 g/mol. The summed E-state index contributed by atoms with van der Waals surface area (Å²) in [4.78, 5) is 0. The van der Waals surface area contributed by atoms with Gasteiger partial charge in [0.15, 0.2) is 0 Å². The molecule has 0 aliphatic rings. The van der Waals surface area contributed by atoms with Crippen LogP contribution in [0.1, 0.15) is 28.3 Å². The number of halogens is 2. The second-order valence-electron chi connectivity index (χ2n) is 4.91. The summed E-state index contributed by atoms with van der Waals surface area (Å²) in [5.41, 5.74) is 10.6. The second kappa shape index (κ2) is 5.85. The van der Waals surface area contributed by atoms with Crippen molar-refractivity contribution in [1.82, 2.24) is 0 Å². The van der Waals surface area contributed by atoms with Gasteiger partial charge in [0.2, 0.25) is 0 Å². The third-order valence-electron chi connectivity index (χ3n) is 3.30. The summed E-state index contributed by atoms with van der Waals surface area (Å²) in [6.07, 6.45) is 0.703. The van der Waals surface area contributed by atoms with Gasteiger partial charge in [-0.05, 0) is 55.2 Å². The molecule has 0 saturated carbocycles. The van der Waals surface area contributed by atoms with Crippen molar-refractivity contribution in [2.45, 2.75) is 26.3 Å². The molecule has 19 heavy (non-hydrogen) atoms. The van der Waals surface area contributed by atoms with Crippen molar-refractivity contribution >= 4 is 15.9 Å². The maximum atomic E-state index is 13.1. The zero-order valence-electron chi connectivity index (χ0n) is 11.1. The van der Waals surface area contributed by atoms with E-state index in [2.05, 4.69) is 22.0 Å². The van der Waals surface area contributed by atoms with Gasteiger partial charge < -0.3 is 5.73 Å². The molecule has 2 N–H and O–H groups in total. The molecule has 100 valence electrons. The summed E-state index contributed by atoms with van der Waals surface area (Å²) in [5, 5.41) is 0. The molecule has 0 radical (unpaired) electrons. The Balaban J connectivity index is 2.25. The lowest BCUT2D eigenvalue weighted by atomic mass is 9.96. The van der Waals surface area contributed by atoms with Gasteiger partial charge in [0, 0.05) is 10.5 Å². The Morgan fingerprint density at radius 2 is 1.89 bits per heavy atom. The summed E-state index contributed by atoms with van der Waals surface area (Å²) in [7, 11) is 0. The lowest BCUT2D eigenvalue weighted by molar-refractivity contribution is 0.623. The summed E-state index contributed by atoms with van der Waals surface area (Å²) < 4.78 is 14.1. The van der Waals surface area contributed by atoms with E-state index in [1.54, 1.807) is 6.07 Å². The fourth-order valence-corrected chi connectivity index (χ4v) is 2.72. The molecule has 1 unspecified atom stereocenters. The minimum Gasteiger partial charge on any atom is -0.324 e. The molecule has 0 heterocycles. The Kier molecular flexibility index (Phi) is 4.38. The minimum absolute atomic E-state index is 0.0987. The first kappa shape index (κ1) is 14.2. The van der Waals surface area contributed by atoms with E-state index in [4.69, 9.17) is 5.73 Å². The van der Waals surface area contributed by atoms with Crippen molar-refractivity contribution in [3.63, 3.8) is 0 Å². The highest BCUT2D eigenvalue weighted by atomic mass is 79.9. The predicted molar refractivity (Wildman–Crippen MR) is 80.6 cm³/mol. The third kappa shape index (κ3) is 3.43. The summed E-state index contributed by atoms with van der Waals surface area (Å²) in [5.74, 6) is -0.202. The fraction of sp³-hybridized carbons (Fsp3) is 0.250. The summed E-state index contributed by atoms with van der Waals surface area (Å²) >= 11 is 3.53. The van der Waals surface area contributed by atoms with Crippen LogP contribution in [-0.2, 0) is 6.42 Å². The molecule has 0 spiro atoms. The Morgan fingerprint density at radius 3 is 2.58 bits per heavy atom. The molecule has 0 fully saturated rings. The minimum atomic E-state index is -0.202. The maximum absolute atomic E-state index is 13.1. The van der Waals surface area contributed by atoms with Crippen LogP contribution in [0.2, 0.25) is 0 Å². The SMILES string of the molecule is Cc1ccc(Br)c(C(N)Cc2ccc(F)cc2C)c1. The van der Waals surface area contributed by atoms with Gasteiger partial charge >= 0.3 is 0 Å². The van der Waals surface area contributed by atoms with E-state index < -0.39 is 0 Å². The van der Waals surface area contributed by atoms with Gasteiger partial charge in [0.05, 0.1) is 0 Å². The number of hydrogen-bond donors (Lipinski definition) is 1. The quantitative estimate of drug-likeness (QED) is 0.888. The molecule has 3 heteroatoms. The summed E-state index contributed by atoms with van der Waals surface area (Å²) in [6, 6.07) is 10.9. The third-order valence-corrected chi connectivity index (χ3v) is 4.02. The van der Waals surface area contributed by atoms with Gasteiger partial charge in [-0.15, -0.1) is 0 Å². The van der Waals surface area contributed by atoms with E-state index in [0.717, 1.165) is 21.2 Å². The van der Waals surface area contributed by atoms with Crippen LogP contribution >= 0.6 is 15.9 Å². The van der Waals surface area contributed by atoms with E-state index in [9.17, 15) is 4.39 Å². The number of nitrogens with two attached hydrogens (primary N) is 1. The van der Waals surface area contributed by atoms with Crippen LogP contribution in [0.15, 0.2) is 40.9 Å². The first-order chi connectivity index (χ1) is 8.97. The molecule has 2 aromatic rings. The number of aryl methyl sites for hydroxylation is 2.